The molecule has 1 fully saturated rings. The number of nitrogens with zero attached hydrogens (tertiary/aromatic N) is 3. The Hall–Kier alpha value is -2.21. The van der Waals surface area contributed by atoms with Crippen LogP contribution in [0.5, 0.6) is 0 Å². The molecule has 3 unspecified atom stereocenters. The lowest BCUT2D eigenvalue weighted by Gasteiger charge is -2.43. The Balaban J connectivity index is 3.37. The van der Waals surface area contributed by atoms with Crippen molar-refractivity contribution in [3.8, 4) is 0 Å². The number of ether oxygens (including phenoxy) is 4. The van der Waals surface area contributed by atoms with E-state index in [1.54, 1.807) is 0 Å². The molecule has 1 heterocycles. The van der Waals surface area contributed by atoms with Gasteiger partial charge in [0.25, 0.3) is 0 Å². The molecule has 0 radical (unpaired) electrons. The molecule has 152 valence electrons. The Kier molecular flexibility index (Phi) is 8.16. The SMILES string of the molecule is CC(=O)OC1C(OC(C)=O)[C@H](OC(C)=O)C(CN=[N+]=[N-])O[C@H]1OP(=O)(O)O. The van der Waals surface area contributed by atoms with Crippen molar-refractivity contribution in [3.63, 3.8) is 0 Å². The van der Waals surface area contributed by atoms with E-state index in [4.69, 9.17) is 34.3 Å². The summed E-state index contributed by atoms with van der Waals surface area (Å²) in [7, 11) is -5.14. The second kappa shape index (κ2) is 9.65. The summed E-state index contributed by atoms with van der Waals surface area (Å²) in [5.74, 6) is -2.63. The Morgan fingerprint density at radius 3 is 1.96 bits per heavy atom. The van der Waals surface area contributed by atoms with Crippen molar-refractivity contribution < 1.29 is 52.2 Å². The summed E-state index contributed by atoms with van der Waals surface area (Å²) in [6.45, 7) is 2.55. The molecule has 0 aromatic carbocycles. The van der Waals surface area contributed by atoms with Gasteiger partial charge in [0.15, 0.2) is 18.3 Å². The summed E-state index contributed by atoms with van der Waals surface area (Å²) in [6.07, 6.45) is -7.90. The molecule has 2 N–H and O–H groups in total. The highest BCUT2D eigenvalue weighted by Crippen LogP contribution is 2.42. The lowest BCUT2D eigenvalue weighted by molar-refractivity contribution is -0.284. The van der Waals surface area contributed by atoms with Gasteiger partial charge in [-0.25, -0.2) is 4.57 Å². The predicted molar refractivity (Wildman–Crippen MR) is 82.5 cm³/mol. The first kappa shape index (κ1) is 22.8. The summed E-state index contributed by atoms with van der Waals surface area (Å²) >= 11 is 0. The zero-order valence-corrected chi connectivity index (χ0v) is 15.3. The van der Waals surface area contributed by atoms with Gasteiger partial charge >= 0.3 is 25.7 Å². The maximum atomic E-state index is 11.5. The summed E-state index contributed by atoms with van der Waals surface area (Å²) in [5.41, 5.74) is 8.48. The summed E-state index contributed by atoms with van der Waals surface area (Å²) < 4.78 is 36.0. The quantitative estimate of drug-likeness (QED) is 0.142. The molecule has 0 aromatic heterocycles. The first-order valence-electron chi connectivity index (χ1n) is 7.36. The molecular formula is C12H18N3O11P. The van der Waals surface area contributed by atoms with E-state index in [1.165, 1.54) is 0 Å². The van der Waals surface area contributed by atoms with Crippen LogP contribution in [0.3, 0.4) is 0 Å². The molecule has 0 spiro atoms. The molecule has 1 aliphatic rings. The second-order valence-electron chi connectivity index (χ2n) is 5.27. The number of azide groups is 1. The topological polar surface area (TPSA) is 204 Å². The average molecular weight is 411 g/mol. The number of phosphoric ester groups is 1. The van der Waals surface area contributed by atoms with Gasteiger partial charge in [0.05, 0.1) is 6.54 Å². The number of hydrogen-bond donors (Lipinski definition) is 2. The zero-order chi connectivity index (χ0) is 20.8. The summed E-state index contributed by atoms with van der Waals surface area (Å²) in [6, 6.07) is 0. The van der Waals surface area contributed by atoms with Crippen molar-refractivity contribution in [2.24, 2.45) is 5.11 Å². The molecule has 0 aromatic rings. The van der Waals surface area contributed by atoms with Crippen LogP contribution in [0.25, 0.3) is 10.4 Å². The normalized spacial score (nSPS) is 27.8. The van der Waals surface area contributed by atoms with Gasteiger partial charge in [0.2, 0.25) is 6.29 Å². The van der Waals surface area contributed by atoms with Gasteiger partial charge in [0, 0.05) is 25.7 Å². The Bertz CT molecular complexity index is 674. The van der Waals surface area contributed by atoms with Crippen molar-refractivity contribution in [2.75, 3.05) is 6.54 Å². The molecule has 0 saturated carbocycles. The molecule has 0 aliphatic carbocycles. The number of esters is 3. The smallest absolute Gasteiger partial charge is 0.456 e. The van der Waals surface area contributed by atoms with Gasteiger partial charge in [-0.3, -0.25) is 18.9 Å². The number of hydrogen-bond acceptors (Lipinski definition) is 10. The largest absolute Gasteiger partial charge is 0.472 e. The van der Waals surface area contributed by atoms with Crippen LogP contribution in [0.4, 0.5) is 0 Å². The third-order valence-corrected chi connectivity index (χ3v) is 3.55. The van der Waals surface area contributed by atoms with Crippen LogP contribution in [0.2, 0.25) is 0 Å². The van der Waals surface area contributed by atoms with E-state index in [0.717, 1.165) is 20.8 Å². The van der Waals surface area contributed by atoms with Crippen LogP contribution >= 0.6 is 7.82 Å². The lowest BCUT2D eigenvalue weighted by atomic mass is 9.98. The molecule has 0 bridgehead atoms. The van der Waals surface area contributed by atoms with E-state index < -0.39 is 63.0 Å². The molecular weight excluding hydrogens is 393 g/mol. The predicted octanol–water partition coefficient (Wildman–Crippen LogP) is -0.0740. The minimum Gasteiger partial charge on any atom is -0.456 e. The fourth-order valence-electron chi connectivity index (χ4n) is 2.34. The van der Waals surface area contributed by atoms with Gasteiger partial charge in [-0.1, -0.05) is 5.11 Å². The van der Waals surface area contributed by atoms with Crippen molar-refractivity contribution in [1.82, 2.24) is 0 Å². The van der Waals surface area contributed by atoms with E-state index in [-0.39, 0.29) is 0 Å². The number of carbonyl (C=O) groups excluding carboxylic acids is 3. The van der Waals surface area contributed by atoms with Crippen LogP contribution in [-0.4, -0.2) is 64.9 Å². The van der Waals surface area contributed by atoms with Crippen LogP contribution in [-0.2, 0) is 42.4 Å². The van der Waals surface area contributed by atoms with E-state index in [9.17, 15) is 18.9 Å². The van der Waals surface area contributed by atoms with E-state index in [0.29, 0.717) is 0 Å². The van der Waals surface area contributed by atoms with E-state index >= 15 is 0 Å². The fourth-order valence-corrected chi connectivity index (χ4v) is 2.78. The molecule has 15 heteroatoms. The van der Waals surface area contributed by atoms with Gasteiger partial charge in [-0.15, -0.1) is 0 Å². The van der Waals surface area contributed by atoms with Crippen molar-refractivity contribution in [2.45, 2.75) is 51.5 Å². The molecule has 14 nitrogen and oxygen atoms in total. The molecule has 5 atom stereocenters. The monoisotopic (exact) mass is 411 g/mol. The maximum Gasteiger partial charge on any atom is 0.472 e. The Morgan fingerprint density at radius 1 is 1.04 bits per heavy atom. The Morgan fingerprint density at radius 2 is 1.52 bits per heavy atom. The highest BCUT2D eigenvalue weighted by Gasteiger charge is 2.53. The standard InChI is InChI=1S/C12H18N3O11P/c1-5(16)22-9-8(4-14-15-13)25-12(26-27(19,20)21)11(24-7(3)18)10(9)23-6(2)17/h8-12H,4H2,1-3H3,(H2,19,20,21)/t8?,9-,10?,11?,12+/m1/s1. The lowest BCUT2D eigenvalue weighted by Crippen LogP contribution is -2.62. The van der Waals surface area contributed by atoms with E-state index in [1.807, 2.05) is 0 Å². The van der Waals surface area contributed by atoms with Crippen LogP contribution in [0.1, 0.15) is 20.8 Å². The van der Waals surface area contributed by atoms with Gasteiger partial charge in [-0.05, 0) is 5.53 Å². The minimum atomic E-state index is -5.14. The van der Waals surface area contributed by atoms with Gasteiger partial charge < -0.3 is 28.7 Å². The summed E-state index contributed by atoms with van der Waals surface area (Å²) in [5, 5.41) is 3.25. The molecule has 0 amide bonds. The van der Waals surface area contributed by atoms with Gasteiger partial charge in [-0.2, -0.15) is 0 Å². The molecule has 1 aliphatic heterocycles. The van der Waals surface area contributed by atoms with Gasteiger partial charge in [0.1, 0.15) is 6.10 Å². The number of carbonyl (C=O) groups is 3. The van der Waals surface area contributed by atoms with Crippen LogP contribution in [0.15, 0.2) is 5.11 Å². The number of rotatable bonds is 7. The minimum absolute atomic E-state index is 0.472. The maximum absolute atomic E-state index is 11.5. The highest BCUT2D eigenvalue weighted by molar-refractivity contribution is 7.46. The molecule has 27 heavy (non-hydrogen) atoms. The highest BCUT2D eigenvalue weighted by atomic mass is 31.2. The average Bonchev–Trinajstić information content (AvgIpc) is 2.48. The van der Waals surface area contributed by atoms with Crippen LogP contribution < -0.4 is 0 Å². The zero-order valence-electron chi connectivity index (χ0n) is 14.5. The fraction of sp³-hybridized carbons (Fsp3) is 0.750. The second-order valence-corrected chi connectivity index (χ2v) is 6.47. The molecule has 1 saturated heterocycles. The first-order valence-corrected chi connectivity index (χ1v) is 8.89. The third kappa shape index (κ3) is 7.51. The van der Waals surface area contributed by atoms with Crippen molar-refractivity contribution >= 4 is 25.7 Å². The van der Waals surface area contributed by atoms with E-state index in [2.05, 4.69) is 14.5 Å². The first-order chi connectivity index (χ1) is 12.4. The third-order valence-electron chi connectivity index (χ3n) is 3.06. The number of phosphoric acid groups is 1. The summed E-state index contributed by atoms with van der Waals surface area (Å²) in [4.78, 5) is 54.9. The molecule has 1 rings (SSSR count). The Labute approximate surface area is 152 Å². The van der Waals surface area contributed by atoms with Crippen molar-refractivity contribution in [1.29, 1.82) is 0 Å². The van der Waals surface area contributed by atoms with Crippen LogP contribution in [0, 0.1) is 0 Å². The van der Waals surface area contributed by atoms with Crippen molar-refractivity contribution in [3.05, 3.63) is 10.4 Å².